The Balaban J connectivity index is 1.80. The molecule has 8 heteroatoms. The predicted octanol–water partition coefficient (Wildman–Crippen LogP) is 4.61. The van der Waals surface area contributed by atoms with Crippen LogP contribution < -0.4 is 19.6 Å². The van der Waals surface area contributed by atoms with Crippen LogP contribution >= 0.6 is 22.9 Å². The van der Waals surface area contributed by atoms with Crippen molar-refractivity contribution in [1.29, 1.82) is 0 Å². The number of benzene rings is 3. The normalized spacial score (nSPS) is 15.6. The highest BCUT2D eigenvalue weighted by Crippen LogP contribution is 2.34. The summed E-state index contributed by atoms with van der Waals surface area (Å²) in [5, 5.41) is 2.45. The molecule has 0 saturated carbocycles. The van der Waals surface area contributed by atoms with Crippen LogP contribution in [0.1, 0.15) is 31.0 Å². The quantitative estimate of drug-likeness (QED) is 0.362. The average molecular weight is 519 g/mol. The first kappa shape index (κ1) is 24.0. The number of fused-ring (bicyclic) bond motifs is 2. The lowest BCUT2D eigenvalue weighted by Crippen LogP contribution is -2.40. The molecule has 0 spiro atoms. The molecule has 0 aliphatic carbocycles. The van der Waals surface area contributed by atoms with Crippen molar-refractivity contribution < 1.29 is 14.3 Å². The van der Waals surface area contributed by atoms with Crippen LogP contribution in [0.4, 0.5) is 0 Å². The van der Waals surface area contributed by atoms with Gasteiger partial charge in [0.15, 0.2) is 4.80 Å². The highest BCUT2D eigenvalue weighted by molar-refractivity contribution is 7.07. The fourth-order valence-electron chi connectivity index (χ4n) is 4.52. The molecule has 36 heavy (non-hydrogen) atoms. The molecule has 0 N–H and O–H groups in total. The fourth-order valence-corrected chi connectivity index (χ4v) is 5.78. The zero-order valence-corrected chi connectivity index (χ0v) is 21.5. The van der Waals surface area contributed by atoms with Gasteiger partial charge in [-0.2, -0.15) is 0 Å². The Hall–Kier alpha value is -3.68. The number of halogens is 1. The molecule has 5 rings (SSSR count). The van der Waals surface area contributed by atoms with Crippen LogP contribution in [0.15, 0.2) is 81.7 Å². The van der Waals surface area contributed by atoms with Crippen LogP contribution in [0.5, 0.6) is 5.75 Å². The Bertz CT molecular complexity index is 1720. The van der Waals surface area contributed by atoms with E-state index in [0.717, 1.165) is 16.3 Å². The second-order valence-electron chi connectivity index (χ2n) is 8.23. The third-order valence-electron chi connectivity index (χ3n) is 6.14. The van der Waals surface area contributed by atoms with E-state index in [1.165, 1.54) is 15.9 Å². The van der Waals surface area contributed by atoms with Gasteiger partial charge in [0.2, 0.25) is 0 Å². The number of methoxy groups -OCH3 is 1. The number of carbonyl (C=O) groups is 1. The van der Waals surface area contributed by atoms with Crippen LogP contribution in [0.25, 0.3) is 16.8 Å². The van der Waals surface area contributed by atoms with Crippen LogP contribution in [0.2, 0.25) is 5.02 Å². The van der Waals surface area contributed by atoms with Gasteiger partial charge in [-0.15, -0.1) is 0 Å². The number of thiazole rings is 1. The van der Waals surface area contributed by atoms with E-state index in [4.69, 9.17) is 21.1 Å². The van der Waals surface area contributed by atoms with E-state index in [1.54, 1.807) is 27.0 Å². The van der Waals surface area contributed by atoms with E-state index >= 15 is 0 Å². The lowest BCUT2D eigenvalue weighted by Gasteiger charge is -2.25. The van der Waals surface area contributed by atoms with Gasteiger partial charge < -0.3 is 9.47 Å². The van der Waals surface area contributed by atoms with E-state index in [0.29, 0.717) is 36.9 Å². The molecule has 1 aliphatic heterocycles. The molecule has 0 unspecified atom stereocenters. The first-order valence-corrected chi connectivity index (χ1v) is 12.6. The molecule has 0 amide bonds. The van der Waals surface area contributed by atoms with Crippen molar-refractivity contribution in [3.05, 3.63) is 108 Å². The van der Waals surface area contributed by atoms with Gasteiger partial charge in [0.05, 0.1) is 29.5 Å². The Labute approximate surface area is 216 Å². The summed E-state index contributed by atoms with van der Waals surface area (Å²) in [6, 6.07) is 18.2. The Kier molecular flexibility index (Phi) is 6.51. The molecule has 182 valence electrons. The number of hydrogen-bond donors (Lipinski definition) is 0. The van der Waals surface area contributed by atoms with E-state index in [1.807, 2.05) is 60.7 Å². The fraction of sp³-hybridized carbons (Fsp3) is 0.179. The van der Waals surface area contributed by atoms with Crippen LogP contribution in [0.3, 0.4) is 0 Å². The number of nitrogens with zero attached hydrogens (tertiary/aromatic N) is 2. The van der Waals surface area contributed by atoms with Gasteiger partial charge in [-0.05, 0) is 48.4 Å². The summed E-state index contributed by atoms with van der Waals surface area (Å²) in [5.41, 5.74) is 1.96. The number of ether oxygens (including phenoxy) is 2. The summed E-state index contributed by atoms with van der Waals surface area (Å²) >= 11 is 7.83. The minimum absolute atomic E-state index is 0.205. The lowest BCUT2D eigenvalue weighted by atomic mass is 9.96. The van der Waals surface area contributed by atoms with Gasteiger partial charge in [0.25, 0.3) is 5.56 Å². The van der Waals surface area contributed by atoms with Gasteiger partial charge in [-0.25, -0.2) is 9.79 Å². The van der Waals surface area contributed by atoms with Crippen molar-refractivity contribution in [2.45, 2.75) is 19.9 Å². The monoisotopic (exact) mass is 518 g/mol. The maximum Gasteiger partial charge on any atom is 0.338 e. The predicted molar refractivity (Wildman–Crippen MR) is 142 cm³/mol. The molecule has 0 bridgehead atoms. The van der Waals surface area contributed by atoms with Gasteiger partial charge in [-0.1, -0.05) is 71.5 Å². The van der Waals surface area contributed by atoms with Gasteiger partial charge in [-0.3, -0.25) is 9.36 Å². The zero-order chi connectivity index (χ0) is 25.4. The van der Waals surface area contributed by atoms with Crippen molar-refractivity contribution in [3.8, 4) is 5.75 Å². The summed E-state index contributed by atoms with van der Waals surface area (Å²) in [4.78, 5) is 32.1. The Morgan fingerprint density at radius 2 is 1.89 bits per heavy atom. The number of rotatable bonds is 5. The van der Waals surface area contributed by atoms with E-state index in [-0.39, 0.29) is 12.2 Å². The van der Waals surface area contributed by atoms with E-state index in [2.05, 4.69) is 4.99 Å². The molecule has 6 nitrogen and oxygen atoms in total. The van der Waals surface area contributed by atoms with Crippen molar-refractivity contribution in [2.24, 2.45) is 4.99 Å². The summed E-state index contributed by atoms with van der Waals surface area (Å²) in [7, 11) is 1.61. The molecular formula is C28H23ClN2O4S. The van der Waals surface area contributed by atoms with Crippen LogP contribution in [0, 0.1) is 0 Å². The summed E-state index contributed by atoms with van der Waals surface area (Å²) in [5.74, 6) is 0.138. The third-order valence-corrected chi connectivity index (χ3v) is 7.47. The molecule has 0 radical (unpaired) electrons. The molecule has 2 heterocycles. The second-order valence-corrected chi connectivity index (χ2v) is 9.64. The summed E-state index contributed by atoms with van der Waals surface area (Å²) < 4.78 is 13.0. The van der Waals surface area contributed by atoms with Crippen molar-refractivity contribution in [2.75, 3.05) is 13.7 Å². The molecule has 1 atom stereocenters. The number of esters is 1. The van der Waals surface area contributed by atoms with Gasteiger partial charge >= 0.3 is 5.97 Å². The van der Waals surface area contributed by atoms with Crippen LogP contribution in [-0.2, 0) is 9.53 Å². The number of carbonyl (C=O) groups excluding carboxylic acids is 1. The molecule has 1 aliphatic rings. The minimum Gasteiger partial charge on any atom is -0.496 e. The summed E-state index contributed by atoms with van der Waals surface area (Å²) in [6.45, 7) is 3.70. The SMILES string of the molecule is CCOC(=O)C1=C(C)N=c2sc(=Cc3c(OC)ccc4ccccc34)c(=O)n2[C@H]1c1ccccc1Cl. The molecular weight excluding hydrogens is 496 g/mol. The molecule has 3 aromatic carbocycles. The lowest BCUT2D eigenvalue weighted by molar-refractivity contribution is -0.139. The Morgan fingerprint density at radius 3 is 2.64 bits per heavy atom. The zero-order valence-electron chi connectivity index (χ0n) is 19.9. The smallest absolute Gasteiger partial charge is 0.338 e. The first-order valence-electron chi connectivity index (χ1n) is 11.4. The maximum atomic E-state index is 13.9. The van der Waals surface area contributed by atoms with Gasteiger partial charge in [0.1, 0.15) is 11.8 Å². The highest BCUT2D eigenvalue weighted by Gasteiger charge is 2.34. The molecule has 0 saturated heterocycles. The van der Waals surface area contributed by atoms with Crippen molar-refractivity contribution >= 4 is 45.8 Å². The maximum absolute atomic E-state index is 13.9. The minimum atomic E-state index is -0.759. The molecule has 4 aromatic rings. The molecule has 1 aromatic heterocycles. The standard InChI is InChI=1S/C28H23ClN2O4S/c1-4-35-27(33)24-16(2)30-28-31(25(24)19-11-7-8-12-21(19)29)26(32)23(36-28)15-20-18-10-6-5-9-17(18)13-14-22(20)34-3/h5-15,25H,4H2,1-3H3/t25-/m0/s1. The van der Waals surface area contributed by atoms with Crippen molar-refractivity contribution in [3.63, 3.8) is 0 Å². The first-order chi connectivity index (χ1) is 17.4. The number of hydrogen-bond acceptors (Lipinski definition) is 6. The van der Waals surface area contributed by atoms with Gasteiger partial charge in [0, 0.05) is 10.6 Å². The second kappa shape index (κ2) is 9.76. The van der Waals surface area contributed by atoms with Crippen LogP contribution in [-0.4, -0.2) is 24.3 Å². The highest BCUT2D eigenvalue weighted by atomic mass is 35.5. The molecule has 0 fully saturated rings. The van der Waals surface area contributed by atoms with Crippen molar-refractivity contribution in [1.82, 2.24) is 4.57 Å². The Morgan fingerprint density at radius 1 is 1.14 bits per heavy atom. The third kappa shape index (κ3) is 4.04. The largest absolute Gasteiger partial charge is 0.496 e. The number of allylic oxidation sites excluding steroid dienone is 1. The van der Waals surface area contributed by atoms with E-state index in [9.17, 15) is 9.59 Å². The summed E-state index contributed by atoms with van der Waals surface area (Å²) in [6.07, 6.45) is 1.83. The average Bonchev–Trinajstić information content (AvgIpc) is 3.18. The van der Waals surface area contributed by atoms with E-state index < -0.39 is 12.0 Å². The number of aromatic nitrogens is 1. The topological polar surface area (TPSA) is 69.9 Å².